The van der Waals surface area contributed by atoms with Crippen LogP contribution in [0.15, 0.2) is 24.3 Å². The molecule has 18 heavy (non-hydrogen) atoms. The van der Waals surface area contributed by atoms with Crippen LogP contribution in [-0.4, -0.2) is 19.1 Å². The summed E-state index contributed by atoms with van der Waals surface area (Å²) in [6.45, 7) is 4.54. The minimum Gasteiger partial charge on any atom is -0.315 e. The SMILES string of the molecule is CC(NC1CCNC1)c1cccc2c1C=CCC2. The van der Waals surface area contributed by atoms with Crippen molar-refractivity contribution in [2.75, 3.05) is 13.1 Å². The van der Waals surface area contributed by atoms with E-state index in [2.05, 4.69) is 47.9 Å². The van der Waals surface area contributed by atoms with Crippen molar-refractivity contribution in [2.24, 2.45) is 0 Å². The number of rotatable bonds is 3. The average molecular weight is 242 g/mol. The van der Waals surface area contributed by atoms with Gasteiger partial charge in [-0.2, -0.15) is 0 Å². The molecule has 0 amide bonds. The minimum absolute atomic E-state index is 0.438. The first-order valence-corrected chi connectivity index (χ1v) is 7.09. The third kappa shape index (κ3) is 2.36. The number of fused-ring (bicyclic) bond motifs is 1. The molecular formula is C16H22N2. The zero-order chi connectivity index (χ0) is 12.4. The van der Waals surface area contributed by atoms with E-state index >= 15 is 0 Å². The maximum absolute atomic E-state index is 3.75. The zero-order valence-corrected chi connectivity index (χ0v) is 11.1. The zero-order valence-electron chi connectivity index (χ0n) is 11.1. The van der Waals surface area contributed by atoms with Gasteiger partial charge in [-0.3, -0.25) is 0 Å². The van der Waals surface area contributed by atoms with Crippen LogP contribution in [0.5, 0.6) is 0 Å². The average Bonchev–Trinajstić information content (AvgIpc) is 2.91. The van der Waals surface area contributed by atoms with Crippen molar-refractivity contribution in [1.29, 1.82) is 0 Å². The van der Waals surface area contributed by atoms with E-state index in [0.717, 1.165) is 13.1 Å². The van der Waals surface area contributed by atoms with Crippen LogP contribution in [0.1, 0.15) is 42.5 Å². The summed E-state index contributed by atoms with van der Waals surface area (Å²) in [5, 5.41) is 7.16. The Kier molecular flexibility index (Phi) is 3.48. The fourth-order valence-electron chi connectivity index (χ4n) is 3.11. The molecule has 1 aromatic rings. The van der Waals surface area contributed by atoms with Crippen molar-refractivity contribution < 1.29 is 0 Å². The molecule has 96 valence electrons. The van der Waals surface area contributed by atoms with Crippen molar-refractivity contribution in [3.05, 3.63) is 41.0 Å². The van der Waals surface area contributed by atoms with Crippen LogP contribution in [0.2, 0.25) is 0 Å². The Hall–Kier alpha value is -1.12. The maximum atomic E-state index is 3.75. The van der Waals surface area contributed by atoms with E-state index in [0.29, 0.717) is 12.1 Å². The number of hydrogen-bond donors (Lipinski definition) is 2. The van der Waals surface area contributed by atoms with Gasteiger partial charge in [0, 0.05) is 18.6 Å². The van der Waals surface area contributed by atoms with Gasteiger partial charge in [-0.15, -0.1) is 0 Å². The monoisotopic (exact) mass is 242 g/mol. The molecule has 2 nitrogen and oxygen atoms in total. The molecule has 1 aliphatic carbocycles. The Morgan fingerprint density at radius 2 is 2.33 bits per heavy atom. The molecule has 2 heteroatoms. The number of nitrogens with one attached hydrogen (secondary N) is 2. The predicted molar refractivity (Wildman–Crippen MR) is 76.6 cm³/mol. The fraction of sp³-hybridized carbons (Fsp3) is 0.500. The van der Waals surface area contributed by atoms with Crippen molar-refractivity contribution in [3.63, 3.8) is 0 Å². The molecule has 1 aliphatic heterocycles. The van der Waals surface area contributed by atoms with Crippen LogP contribution < -0.4 is 10.6 Å². The predicted octanol–water partition coefficient (Wildman–Crippen LogP) is 2.66. The number of allylic oxidation sites excluding steroid dienone is 1. The van der Waals surface area contributed by atoms with Gasteiger partial charge < -0.3 is 10.6 Å². The molecule has 1 heterocycles. The van der Waals surface area contributed by atoms with Crippen molar-refractivity contribution in [2.45, 2.75) is 38.3 Å². The Morgan fingerprint density at radius 3 is 3.17 bits per heavy atom. The van der Waals surface area contributed by atoms with E-state index in [-0.39, 0.29) is 0 Å². The normalized spacial score (nSPS) is 23.9. The Morgan fingerprint density at radius 1 is 1.39 bits per heavy atom. The van der Waals surface area contributed by atoms with Crippen LogP contribution in [0.4, 0.5) is 0 Å². The second-order valence-electron chi connectivity index (χ2n) is 5.44. The lowest BCUT2D eigenvalue weighted by Gasteiger charge is -2.23. The highest BCUT2D eigenvalue weighted by Gasteiger charge is 2.19. The molecular weight excluding hydrogens is 220 g/mol. The number of aryl methyl sites for hydroxylation is 1. The van der Waals surface area contributed by atoms with E-state index < -0.39 is 0 Å². The molecule has 0 bridgehead atoms. The van der Waals surface area contributed by atoms with E-state index in [9.17, 15) is 0 Å². The topological polar surface area (TPSA) is 24.1 Å². The molecule has 1 fully saturated rings. The lowest BCUT2D eigenvalue weighted by Crippen LogP contribution is -2.33. The molecule has 2 atom stereocenters. The smallest absolute Gasteiger partial charge is 0.0300 e. The number of benzene rings is 1. The maximum Gasteiger partial charge on any atom is 0.0300 e. The molecule has 2 N–H and O–H groups in total. The standard InChI is InChI=1S/C16H22N2/c1-12(18-14-9-10-17-11-14)15-8-4-6-13-5-2-3-7-16(13)15/h3-4,6-8,12,14,17-18H,2,5,9-11H2,1H3. The van der Waals surface area contributed by atoms with Gasteiger partial charge in [-0.05, 0) is 49.4 Å². The van der Waals surface area contributed by atoms with E-state index in [1.165, 1.54) is 36.0 Å². The van der Waals surface area contributed by atoms with Gasteiger partial charge in [-0.25, -0.2) is 0 Å². The van der Waals surface area contributed by atoms with Gasteiger partial charge in [-0.1, -0.05) is 30.4 Å². The van der Waals surface area contributed by atoms with Gasteiger partial charge >= 0.3 is 0 Å². The van der Waals surface area contributed by atoms with Crippen LogP contribution in [0.25, 0.3) is 6.08 Å². The molecule has 1 saturated heterocycles. The molecule has 2 unspecified atom stereocenters. The van der Waals surface area contributed by atoms with Gasteiger partial charge in [0.2, 0.25) is 0 Å². The second-order valence-corrected chi connectivity index (χ2v) is 5.44. The van der Waals surface area contributed by atoms with Gasteiger partial charge in [0.25, 0.3) is 0 Å². The fourth-order valence-corrected chi connectivity index (χ4v) is 3.11. The second kappa shape index (κ2) is 5.25. The van der Waals surface area contributed by atoms with Crippen molar-refractivity contribution in [1.82, 2.24) is 10.6 Å². The summed E-state index contributed by atoms with van der Waals surface area (Å²) in [5.41, 5.74) is 4.42. The highest BCUT2D eigenvalue weighted by Crippen LogP contribution is 2.27. The summed E-state index contributed by atoms with van der Waals surface area (Å²) in [6, 6.07) is 7.81. The first-order chi connectivity index (χ1) is 8.84. The van der Waals surface area contributed by atoms with E-state index in [1.807, 2.05) is 0 Å². The summed E-state index contributed by atoms with van der Waals surface area (Å²) in [6.07, 6.45) is 8.23. The third-order valence-electron chi connectivity index (χ3n) is 4.11. The molecule has 0 spiro atoms. The summed E-state index contributed by atoms with van der Waals surface area (Å²) in [7, 11) is 0. The van der Waals surface area contributed by atoms with Crippen LogP contribution in [0.3, 0.4) is 0 Å². The van der Waals surface area contributed by atoms with Crippen molar-refractivity contribution in [3.8, 4) is 0 Å². The Balaban J connectivity index is 1.81. The molecule has 0 radical (unpaired) electrons. The Labute approximate surface area is 109 Å². The molecule has 2 aliphatic rings. The van der Waals surface area contributed by atoms with Crippen LogP contribution in [0, 0.1) is 0 Å². The highest BCUT2D eigenvalue weighted by atomic mass is 15.0. The first kappa shape index (κ1) is 11.9. The quantitative estimate of drug-likeness (QED) is 0.851. The third-order valence-corrected chi connectivity index (χ3v) is 4.11. The summed E-state index contributed by atoms with van der Waals surface area (Å²) in [4.78, 5) is 0. The summed E-state index contributed by atoms with van der Waals surface area (Å²) in [5.74, 6) is 0. The van der Waals surface area contributed by atoms with Crippen LogP contribution >= 0.6 is 0 Å². The summed E-state index contributed by atoms with van der Waals surface area (Å²) < 4.78 is 0. The van der Waals surface area contributed by atoms with E-state index in [4.69, 9.17) is 0 Å². The highest BCUT2D eigenvalue weighted by molar-refractivity contribution is 5.60. The van der Waals surface area contributed by atoms with Gasteiger partial charge in [0.1, 0.15) is 0 Å². The lowest BCUT2D eigenvalue weighted by atomic mass is 9.90. The van der Waals surface area contributed by atoms with Gasteiger partial charge in [0.05, 0.1) is 0 Å². The molecule has 3 rings (SSSR count). The van der Waals surface area contributed by atoms with Crippen LogP contribution in [-0.2, 0) is 6.42 Å². The first-order valence-electron chi connectivity index (χ1n) is 7.09. The number of hydrogen-bond acceptors (Lipinski definition) is 2. The molecule has 0 saturated carbocycles. The largest absolute Gasteiger partial charge is 0.315 e. The summed E-state index contributed by atoms with van der Waals surface area (Å²) >= 11 is 0. The Bertz CT molecular complexity index is 444. The molecule has 0 aromatic heterocycles. The van der Waals surface area contributed by atoms with Gasteiger partial charge in [0.15, 0.2) is 0 Å². The minimum atomic E-state index is 0.438. The van der Waals surface area contributed by atoms with Crippen molar-refractivity contribution >= 4 is 6.08 Å². The lowest BCUT2D eigenvalue weighted by molar-refractivity contribution is 0.477. The van der Waals surface area contributed by atoms with E-state index in [1.54, 1.807) is 0 Å². The molecule has 1 aromatic carbocycles.